The topological polar surface area (TPSA) is 52.2 Å². The third-order valence-corrected chi connectivity index (χ3v) is 4.83. The second-order valence-corrected chi connectivity index (χ2v) is 5.93. The lowest BCUT2D eigenvalue weighted by molar-refractivity contribution is -0.133. The molecule has 5 nitrogen and oxygen atoms in total. The minimum atomic E-state index is 0.0839. The van der Waals surface area contributed by atoms with Crippen LogP contribution in [-0.4, -0.2) is 63.9 Å². The lowest BCUT2D eigenvalue weighted by Gasteiger charge is -2.39. The molecule has 106 valence electrons. The van der Waals surface area contributed by atoms with Gasteiger partial charge in [0.05, 0.1) is 11.3 Å². The average molecular weight is 282 g/mol. The van der Waals surface area contributed by atoms with Gasteiger partial charge in [0.25, 0.3) is 0 Å². The molecule has 1 aromatic rings. The Hall–Kier alpha value is -1.01. The zero-order valence-electron chi connectivity index (χ0n) is 11.8. The lowest BCUT2D eigenvalue weighted by Crippen LogP contribution is -2.51. The van der Waals surface area contributed by atoms with E-state index in [9.17, 15) is 4.79 Å². The Kier molecular flexibility index (Phi) is 4.87. The Labute approximate surface area is 118 Å². The average Bonchev–Trinajstić information content (AvgIpc) is 2.94. The number of hydrogen-bond acceptors (Lipinski definition) is 4. The first kappa shape index (κ1) is 14.4. The molecule has 1 saturated heterocycles. The van der Waals surface area contributed by atoms with Crippen LogP contribution < -0.4 is 0 Å². The third kappa shape index (κ3) is 3.12. The molecule has 1 N–H and O–H groups in total. The number of hydrogen-bond donors (Lipinski definition) is 1. The minimum Gasteiger partial charge on any atom is -0.347 e. The SMILES string of the molecule is CC[C@@H](SC)C(=O)N1CCN(C)[C@@H](c2ncc[nH]2)C1. The fourth-order valence-corrected chi connectivity index (χ4v) is 3.16. The number of thioether (sulfide) groups is 1. The summed E-state index contributed by atoms with van der Waals surface area (Å²) in [7, 11) is 2.08. The molecule has 0 radical (unpaired) electrons. The van der Waals surface area contributed by atoms with Crippen molar-refractivity contribution in [1.82, 2.24) is 19.8 Å². The largest absolute Gasteiger partial charge is 0.347 e. The molecular formula is C13H22N4OS. The number of aromatic amines is 1. The first-order valence-corrected chi connectivity index (χ1v) is 7.97. The summed E-state index contributed by atoms with van der Waals surface area (Å²) < 4.78 is 0. The Morgan fingerprint density at radius 3 is 3.00 bits per heavy atom. The van der Waals surface area contributed by atoms with E-state index in [0.717, 1.165) is 31.9 Å². The van der Waals surface area contributed by atoms with Crippen molar-refractivity contribution in [1.29, 1.82) is 0 Å². The maximum absolute atomic E-state index is 12.4. The first-order chi connectivity index (χ1) is 9.17. The number of imidazole rings is 1. The van der Waals surface area contributed by atoms with Crippen LogP contribution in [0.15, 0.2) is 12.4 Å². The molecule has 2 heterocycles. The van der Waals surface area contributed by atoms with Crippen molar-refractivity contribution in [3.8, 4) is 0 Å². The molecule has 0 unspecified atom stereocenters. The van der Waals surface area contributed by atoms with Crippen molar-refractivity contribution >= 4 is 17.7 Å². The summed E-state index contributed by atoms with van der Waals surface area (Å²) in [6, 6.07) is 0.173. The Morgan fingerprint density at radius 2 is 2.42 bits per heavy atom. The van der Waals surface area contributed by atoms with Gasteiger partial charge in [0.1, 0.15) is 5.82 Å². The fraction of sp³-hybridized carbons (Fsp3) is 0.692. The molecule has 1 fully saturated rings. The molecule has 1 amide bonds. The van der Waals surface area contributed by atoms with E-state index in [4.69, 9.17) is 0 Å². The van der Waals surface area contributed by atoms with Crippen LogP contribution in [-0.2, 0) is 4.79 Å². The Balaban J connectivity index is 2.07. The van der Waals surface area contributed by atoms with Crippen molar-refractivity contribution in [2.24, 2.45) is 0 Å². The molecule has 6 heteroatoms. The van der Waals surface area contributed by atoms with Crippen LogP contribution in [0.4, 0.5) is 0 Å². The standard InChI is InChI=1S/C13H22N4OS/c1-4-11(19-3)13(18)17-8-7-16(2)10(9-17)12-14-5-6-15-12/h5-6,10-11H,4,7-9H2,1-3H3,(H,14,15)/t10-,11-/m1/s1. The van der Waals surface area contributed by atoms with E-state index in [1.165, 1.54) is 0 Å². The van der Waals surface area contributed by atoms with Gasteiger partial charge in [-0.1, -0.05) is 6.92 Å². The highest BCUT2D eigenvalue weighted by atomic mass is 32.2. The number of nitrogens with zero attached hydrogens (tertiary/aromatic N) is 3. The highest BCUT2D eigenvalue weighted by molar-refractivity contribution is 7.99. The van der Waals surface area contributed by atoms with Gasteiger partial charge in [-0.15, -0.1) is 0 Å². The van der Waals surface area contributed by atoms with Crippen LogP contribution in [0.25, 0.3) is 0 Å². The number of amides is 1. The molecule has 1 aromatic heterocycles. The van der Waals surface area contributed by atoms with Gasteiger partial charge < -0.3 is 9.88 Å². The molecule has 0 aromatic carbocycles. The Morgan fingerprint density at radius 1 is 1.63 bits per heavy atom. The summed E-state index contributed by atoms with van der Waals surface area (Å²) in [5.74, 6) is 1.21. The molecule has 0 bridgehead atoms. The highest BCUT2D eigenvalue weighted by Gasteiger charge is 2.32. The summed E-state index contributed by atoms with van der Waals surface area (Å²) in [4.78, 5) is 24.2. The van der Waals surface area contributed by atoms with Crippen molar-refractivity contribution < 1.29 is 4.79 Å². The number of H-pyrrole nitrogens is 1. The normalized spacial score (nSPS) is 22.5. The van der Waals surface area contributed by atoms with Crippen LogP contribution >= 0.6 is 11.8 Å². The maximum Gasteiger partial charge on any atom is 0.235 e. The van der Waals surface area contributed by atoms with E-state index >= 15 is 0 Å². The number of aromatic nitrogens is 2. The van der Waals surface area contributed by atoms with E-state index in [2.05, 4.69) is 28.8 Å². The predicted octanol–water partition coefficient (Wildman–Crippen LogP) is 1.37. The number of carbonyl (C=O) groups is 1. The quantitative estimate of drug-likeness (QED) is 0.906. The Bertz CT molecular complexity index is 405. The molecular weight excluding hydrogens is 260 g/mol. The number of piperazine rings is 1. The second-order valence-electron chi connectivity index (χ2n) is 4.89. The van der Waals surface area contributed by atoms with Gasteiger partial charge in [0.2, 0.25) is 5.91 Å². The number of rotatable bonds is 4. The lowest BCUT2D eigenvalue weighted by atomic mass is 10.1. The van der Waals surface area contributed by atoms with Gasteiger partial charge in [-0.3, -0.25) is 9.69 Å². The number of likely N-dealkylation sites (N-methyl/N-ethyl adjacent to an activating group) is 1. The zero-order chi connectivity index (χ0) is 13.8. The van der Waals surface area contributed by atoms with E-state index in [1.807, 2.05) is 17.4 Å². The van der Waals surface area contributed by atoms with Gasteiger partial charge >= 0.3 is 0 Å². The van der Waals surface area contributed by atoms with Gasteiger partial charge in [0, 0.05) is 32.0 Å². The highest BCUT2D eigenvalue weighted by Crippen LogP contribution is 2.23. The zero-order valence-corrected chi connectivity index (χ0v) is 12.6. The number of carbonyl (C=O) groups excluding carboxylic acids is 1. The van der Waals surface area contributed by atoms with Crippen LogP contribution in [0.3, 0.4) is 0 Å². The van der Waals surface area contributed by atoms with Gasteiger partial charge in [0.15, 0.2) is 0 Å². The molecule has 0 aliphatic carbocycles. The second kappa shape index (κ2) is 6.43. The first-order valence-electron chi connectivity index (χ1n) is 6.68. The van der Waals surface area contributed by atoms with Crippen LogP contribution in [0.2, 0.25) is 0 Å². The molecule has 1 aliphatic heterocycles. The van der Waals surface area contributed by atoms with Crippen molar-refractivity contribution in [3.05, 3.63) is 18.2 Å². The van der Waals surface area contributed by atoms with Crippen molar-refractivity contribution in [2.45, 2.75) is 24.6 Å². The van der Waals surface area contributed by atoms with E-state index < -0.39 is 0 Å². The van der Waals surface area contributed by atoms with Crippen molar-refractivity contribution in [3.63, 3.8) is 0 Å². The van der Waals surface area contributed by atoms with Gasteiger partial charge in [-0.2, -0.15) is 11.8 Å². The predicted molar refractivity (Wildman–Crippen MR) is 78.1 cm³/mol. The summed E-state index contributed by atoms with van der Waals surface area (Å²) in [6.07, 6.45) is 6.49. The van der Waals surface area contributed by atoms with Crippen LogP contribution in [0.5, 0.6) is 0 Å². The van der Waals surface area contributed by atoms with E-state index in [0.29, 0.717) is 0 Å². The third-order valence-electron chi connectivity index (χ3n) is 3.73. The summed E-state index contributed by atoms with van der Waals surface area (Å²) in [6.45, 7) is 4.49. The minimum absolute atomic E-state index is 0.0839. The van der Waals surface area contributed by atoms with E-state index in [-0.39, 0.29) is 17.2 Å². The molecule has 0 spiro atoms. The molecule has 19 heavy (non-hydrogen) atoms. The molecule has 2 atom stereocenters. The maximum atomic E-state index is 12.4. The molecule has 2 rings (SSSR count). The van der Waals surface area contributed by atoms with Crippen LogP contribution in [0, 0.1) is 0 Å². The monoisotopic (exact) mass is 282 g/mol. The van der Waals surface area contributed by atoms with Gasteiger partial charge in [-0.05, 0) is 19.7 Å². The number of nitrogens with one attached hydrogen (secondary N) is 1. The fourth-order valence-electron chi connectivity index (χ4n) is 2.47. The molecule has 0 saturated carbocycles. The summed E-state index contributed by atoms with van der Waals surface area (Å²) in [5.41, 5.74) is 0. The smallest absolute Gasteiger partial charge is 0.235 e. The van der Waals surface area contributed by atoms with Crippen LogP contribution in [0.1, 0.15) is 25.2 Å². The molecule has 1 aliphatic rings. The summed E-state index contributed by atoms with van der Waals surface area (Å²) in [5, 5.41) is 0.0839. The van der Waals surface area contributed by atoms with Gasteiger partial charge in [-0.25, -0.2) is 4.98 Å². The summed E-state index contributed by atoms with van der Waals surface area (Å²) >= 11 is 1.64. The van der Waals surface area contributed by atoms with E-state index in [1.54, 1.807) is 18.0 Å². The van der Waals surface area contributed by atoms with Crippen molar-refractivity contribution in [2.75, 3.05) is 32.9 Å².